The molecule has 4 nitrogen and oxygen atoms in total. The molecule has 1 N–H and O–H groups in total. The lowest BCUT2D eigenvalue weighted by Crippen LogP contribution is -2.17. The Morgan fingerprint density at radius 2 is 2.09 bits per heavy atom. The topological polar surface area (TPSA) is 63.6 Å². The third kappa shape index (κ3) is 7.77. The summed E-state index contributed by atoms with van der Waals surface area (Å²) in [4.78, 5) is 0. The lowest BCUT2D eigenvalue weighted by Gasteiger charge is -2.07. The van der Waals surface area contributed by atoms with E-state index in [1.165, 1.54) is 0 Å². The van der Waals surface area contributed by atoms with Crippen molar-refractivity contribution in [1.82, 2.24) is 0 Å². The molecule has 0 amide bonds. The molecule has 0 bridgehead atoms. The van der Waals surface area contributed by atoms with Crippen LogP contribution in [0.4, 0.5) is 0 Å². The minimum atomic E-state index is -3.40. The third-order valence-electron chi connectivity index (χ3n) is 1.10. The molecule has 0 saturated carbocycles. The fraction of sp³-hybridized carbons (Fsp3) is 1.00. The quantitative estimate of drug-likeness (QED) is 0.613. The normalized spacial score (nSPS) is 14.8. The van der Waals surface area contributed by atoms with Crippen molar-refractivity contribution in [3.05, 3.63) is 0 Å². The first-order valence-electron chi connectivity index (χ1n) is 3.48. The van der Waals surface area contributed by atoms with E-state index in [4.69, 9.17) is 5.11 Å². The summed E-state index contributed by atoms with van der Waals surface area (Å²) in [6.45, 7) is 1.77. The molecule has 68 valence electrons. The molecule has 5 heteroatoms. The van der Waals surface area contributed by atoms with E-state index in [-0.39, 0.29) is 6.61 Å². The highest BCUT2D eigenvalue weighted by atomic mass is 32.2. The molecule has 1 atom stereocenters. The molecule has 11 heavy (non-hydrogen) atoms. The van der Waals surface area contributed by atoms with E-state index in [0.717, 1.165) is 12.7 Å². The van der Waals surface area contributed by atoms with Crippen LogP contribution in [0.2, 0.25) is 0 Å². The average molecular weight is 182 g/mol. The Balaban J connectivity index is 3.54. The van der Waals surface area contributed by atoms with Crippen LogP contribution in [0, 0.1) is 0 Å². The van der Waals surface area contributed by atoms with Gasteiger partial charge in [0.25, 0.3) is 10.1 Å². The Morgan fingerprint density at radius 1 is 1.55 bits per heavy atom. The lowest BCUT2D eigenvalue weighted by molar-refractivity contribution is 0.103. The average Bonchev–Trinajstić information content (AvgIpc) is 1.83. The number of aliphatic hydroxyl groups excluding tert-OH is 1. The molecule has 0 unspecified atom stereocenters. The van der Waals surface area contributed by atoms with Gasteiger partial charge in [0.1, 0.15) is 0 Å². The van der Waals surface area contributed by atoms with Crippen LogP contribution in [0.1, 0.15) is 19.8 Å². The Labute approximate surface area is 67.3 Å². The molecule has 0 rings (SSSR count). The Kier molecular flexibility index (Phi) is 4.63. The van der Waals surface area contributed by atoms with Gasteiger partial charge in [0.05, 0.1) is 19.0 Å². The van der Waals surface area contributed by atoms with Gasteiger partial charge in [0.2, 0.25) is 0 Å². The Hall–Kier alpha value is -0.130. The number of aliphatic hydroxyl groups is 1. The Morgan fingerprint density at radius 3 is 2.45 bits per heavy atom. The summed E-state index contributed by atoms with van der Waals surface area (Å²) in [5, 5.41) is 9.02. The molecule has 0 saturated heterocycles. The van der Waals surface area contributed by atoms with Gasteiger partial charge in [-0.15, -0.1) is 0 Å². The van der Waals surface area contributed by atoms with Gasteiger partial charge in [0.15, 0.2) is 0 Å². The second-order valence-corrected chi connectivity index (χ2v) is 4.08. The number of hydrogen-bond acceptors (Lipinski definition) is 4. The van der Waals surface area contributed by atoms with Crippen LogP contribution in [0.25, 0.3) is 0 Å². The fourth-order valence-corrected chi connectivity index (χ4v) is 1.02. The van der Waals surface area contributed by atoms with Crippen molar-refractivity contribution < 1.29 is 17.7 Å². The number of hydrogen-bond donors (Lipinski definition) is 1. The van der Waals surface area contributed by atoms with E-state index >= 15 is 0 Å². The molecular formula is C6H14O4S. The van der Waals surface area contributed by atoms with E-state index < -0.39 is 16.2 Å². The van der Waals surface area contributed by atoms with Crippen molar-refractivity contribution in [1.29, 1.82) is 0 Å². The summed E-state index contributed by atoms with van der Waals surface area (Å²) in [6, 6.07) is 0. The van der Waals surface area contributed by atoms with Gasteiger partial charge in [-0.25, -0.2) is 0 Å². The first-order valence-corrected chi connectivity index (χ1v) is 5.30. The molecular weight excluding hydrogens is 168 g/mol. The van der Waals surface area contributed by atoms with Crippen LogP contribution in [0.5, 0.6) is 0 Å². The molecule has 0 spiro atoms. The summed E-state index contributed by atoms with van der Waals surface area (Å²) in [5.74, 6) is 0. The van der Waals surface area contributed by atoms with Crippen molar-refractivity contribution in [3.8, 4) is 0 Å². The highest BCUT2D eigenvalue weighted by Crippen LogP contribution is 1.98. The van der Waals surface area contributed by atoms with Crippen LogP contribution in [-0.2, 0) is 14.3 Å². The first kappa shape index (κ1) is 10.9. The molecule has 0 aliphatic heterocycles. The predicted octanol–water partition coefficient (Wildman–Crippen LogP) is 0.124. The largest absolute Gasteiger partial charge is 0.391 e. The van der Waals surface area contributed by atoms with Crippen molar-refractivity contribution >= 4 is 10.1 Å². The SMILES string of the molecule is CCC[C@H](O)COS(C)(=O)=O. The van der Waals surface area contributed by atoms with Gasteiger partial charge in [-0.1, -0.05) is 13.3 Å². The monoisotopic (exact) mass is 182 g/mol. The zero-order valence-corrected chi connectivity index (χ0v) is 7.60. The maximum Gasteiger partial charge on any atom is 0.264 e. The molecule has 0 aromatic carbocycles. The highest BCUT2D eigenvalue weighted by molar-refractivity contribution is 7.85. The van der Waals surface area contributed by atoms with Gasteiger partial charge in [-0.2, -0.15) is 8.42 Å². The van der Waals surface area contributed by atoms with Crippen LogP contribution in [-0.4, -0.2) is 32.5 Å². The van der Waals surface area contributed by atoms with E-state index in [0.29, 0.717) is 6.42 Å². The minimum absolute atomic E-state index is 0.132. The van der Waals surface area contributed by atoms with Crippen LogP contribution >= 0.6 is 0 Å². The number of rotatable bonds is 5. The van der Waals surface area contributed by atoms with E-state index in [2.05, 4.69) is 4.18 Å². The second-order valence-electron chi connectivity index (χ2n) is 2.43. The van der Waals surface area contributed by atoms with Gasteiger partial charge < -0.3 is 5.11 Å². The summed E-state index contributed by atoms with van der Waals surface area (Å²) in [6.07, 6.45) is 1.67. The molecule has 0 aromatic heterocycles. The van der Waals surface area contributed by atoms with Gasteiger partial charge in [-0.3, -0.25) is 4.18 Å². The van der Waals surface area contributed by atoms with E-state index in [9.17, 15) is 8.42 Å². The summed E-state index contributed by atoms with van der Waals surface area (Å²) in [7, 11) is -3.40. The van der Waals surface area contributed by atoms with E-state index in [1.807, 2.05) is 6.92 Å². The zero-order chi connectivity index (χ0) is 8.91. The lowest BCUT2D eigenvalue weighted by atomic mass is 10.2. The zero-order valence-electron chi connectivity index (χ0n) is 6.78. The van der Waals surface area contributed by atoms with E-state index in [1.54, 1.807) is 0 Å². The van der Waals surface area contributed by atoms with Crippen LogP contribution in [0.15, 0.2) is 0 Å². The first-order chi connectivity index (χ1) is 4.95. The van der Waals surface area contributed by atoms with Crippen molar-refractivity contribution in [3.63, 3.8) is 0 Å². The van der Waals surface area contributed by atoms with Crippen molar-refractivity contribution in [2.75, 3.05) is 12.9 Å². The Bertz CT molecular complexity index is 185. The molecule has 0 radical (unpaired) electrons. The van der Waals surface area contributed by atoms with Gasteiger partial charge in [-0.05, 0) is 6.42 Å². The predicted molar refractivity (Wildman–Crippen MR) is 41.7 cm³/mol. The molecule has 0 aromatic rings. The molecule has 0 fully saturated rings. The van der Waals surface area contributed by atoms with Crippen molar-refractivity contribution in [2.24, 2.45) is 0 Å². The molecule has 0 heterocycles. The van der Waals surface area contributed by atoms with Gasteiger partial charge in [0, 0.05) is 0 Å². The van der Waals surface area contributed by atoms with Gasteiger partial charge >= 0.3 is 0 Å². The maximum atomic E-state index is 10.4. The fourth-order valence-electron chi connectivity index (χ4n) is 0.619. The van der Waals surface area contributed by atoms with Crippen molar-refractivity contribution in [2.45, 2.75) is 25.9 Å². The summed E-state index contributed by atoms with van der Waals surface area (Å²) >= 11 is 0. The molecule has 0 aliphatic rings. The maximum absolute atomic E-state index is 10.4. The summed E-state index contributed by atoms with van der Waals surface area (Å²) < 4.78 is 25.2. The van der Waals surface area contributed by atoms with Crippen LogP contribution < -0.4 is 0 Å². The third-order valence-corrected chi connectivity index (χ3v) is 1.66. The standard InChI is InChI=1S/C6H14O4S/c1-3-4-6(7)5-10-11(2,8)9/h6-7H,3-5H2,1-2H3/t6-/m0/s1. The van der Waals surface area contributed by atoms with Crippen LogP contribution in [0.3, 0.4) is 0 Å². The summed E-state index contributed by atoms with van der Waals surface area (Å²) in [5.41, 5.74) is 0. The smallest absolute Gasteiger partial charge is 0.264 e. The minimum Gasteiger partial charge on any atom is -0.391 e. The molecule has 0 aliphatic carbocycles. The second kappa shape index (κ2) is 4.69. The highest BCUT2D eigenvalue weighted by Gasteiger charge is 2.07.